The van der Waals surface area contributed by atoms with Crippen LogP contribution in [0.15, 0.2) is 42.5 Å². The van der Waals surface area contributed by atoms with E-state index in [-0.39, 0.29) is 17.4 Å². The van der Waals surface area contributed by atoms with E-state index in [9.17, 15) is 8.42 Å². The number of halogens is 2. The van der Waals surface area contributed by atoms with Crippen LogP contribution in [0.25, 0.3) is 0 Å². The fourth-order valence-electron chi connectivity index (χ4n) is 3.53. The molecule has 4 nitrogen and oxygen atoms in total. The highest BCUT2D eigenvalue weighted by Gasteiger charge is 2.39. The van der Waals surface area contributed by atoms with E-state index in [1.54, 1.807) is 18.2 Å². The smallest absolute Gasteiger partial charge is 0.216 e. The molecule has 2 aromatic carbocycles. The molecule has 7 heteroatoms. The van der Waals surface area contributed by atoms with Gasteiger partial charge in [0.2, 0.25) is 10.0 Å². The molecule has 0 aromatic heterocycles. The number of sulfonamides is 1. The second-order valence-corrected chi connectivity index (χ2v) is 9.43. The number of nitrogens with one attached hydrogen (secondary N) is 1. The van der Waals surface area contributed by atoms with Crippen molar-refractivity contribution in [1.29, 1.82) is 0 Å². The summed E-state index contributed by atoms with van der Waals surface area (Å²) in [4.78, 5) is 0. The highest BCUT2D eigenvalue weighted by Crippen LogP contribution is 2.43. The standard InChI is InChI=1S/C20H23Cl2NO3S/c1-3-20(4-2)12-18(14-8-5-6-11-19(14)26-20)23-27(24,25)13-15-16(21)9-7-10-17(15)22/h5-11,18,23H,3-4,12-13H2,1-2H3/t18-/m1/s1. The molecule has 27 heavy (non-hydrogen) atoms. The minimum atomic E-state index is -3.66. The monoisotopic (exact) mass is 427 g/mol. The van der Waals surface area contributed by atoms with Gasteiger partial charge in [-0.2, -0.15) is 0 Å². The molecule has 1 N–H and O–H groups in total. The summed E-state index contributed by atoms with van der Waals surface area (Å²) in [6, 6.07) is 12.2. The van der Waals surface area contributed by atoms with E-state index in [1.807, 2.05) is 24.3 Å². The molecule has 0 spiro atoms. The zero-order valence-corrected chi connectivity index (χ0v) is 17.7. The van der Waals surface area contributed by atoms with E-state index >= 15 is 0 Å². The summed E-state index contributed by atoms with van der Waals surface area (Å²) in [5, 5.41) is 0.688. The van der Waals surface area contributed by atoms with Crippen molar-refractivity contribution >= 4 is 33.2 Å². The Hall–Kier alpha value is -1.27. The number of fused-ring (bicyclic) bond motifs is 1. The van der Waals surface area contributed by atoms with Crippen LogP contribution in [0.3, 0.4) is 0 Å². The molecule has 1 atom stereocenters. The van der Waals surface area contributed by atoms with Crippen molar-refractivity contribution in [3.05, 3.63) is 63.6 Å². The van der Waals surface area contributed by atoms with E-state index in [1.165, 1.54) is 0 Å². The molecule has 0 saturated carbocycles. The minimum Gasteiger partial charge on any atom is -0.487 e. The SMILES string of the molecule is CCC1(CC)C[C@@H](NS(=O)(=O)Cc2c(Cl)cccc2Cl)c2ccccc2O1. The fourth-order valence-corrected chi connectivity index (χ4v) is 5.63. The van der Waals surface area contributed by atoms with Crippen molar-refractivity contribution in [1.82, 2.24) is 4.72 Å². The first-order chi connectivity index (χ1) is 12.8. The zero-order chi connectivity index (χ0) is 19.7. The van der Waals surface area contributed by atoms with Gasteiger partial charge in [0.25, 0.3) is 0 Å². The lowest BCUT2D eigenvalue weighted by Crippen LogP contribution is -2.44. The molecular formula is C20H23Cl2NO3S. The van der Waals surface area contributed by atoms with Gasteiger partial charge in [-0.1, -0.05) is 61.3 Å². The maximum atomic E-state index is 12.9. The summed E-state index contributed by atoms with van der Waals surface area (Å²) in [5.74, 6) is 0.465. The molecule has 2 aromatic rings. The van der Waals surface area contributed by atoms with Crippen LogP contribution in [-0.4, -0.2) is 14.0 Å². The van der Waals surface area contributed by atoms with Crippen LogP contribution in [0.2, 0.25) is 10.0 Å². The molecule has 0 bridgehead atoms. The average Bonchev–Trinajstić information content (AvgIpc) is 2.64. The van der Waals surface area contributed by atoms with Crippen LogP contribution in [-0.2, 0) is 15.8 Å². The first kappa shape index (κ1) is 20.5. The van der Waals surface area contributed by atoms with E-state index in [4.69, 9.17) is 27.9 Å². The topological polar surface area (TPSA) is 55.4 Å². The van der Waals surface area contributed by atoms with Gasteiger partial charge in [-0.15, -0.1) is 0 Å². The second kappa shape index (κ2) is 8.00. The normalized spacial score (nSPS) is 18.6. The van der Waals surface area contributed by atoms with Gasteiger partial charge >= 0.3 is 0 Å². The minimum absolute atomic E-state index is 0.268. The van der Waals surface area contributed by atoms with Gasteiger partial charge in [0.1, 0.15) is 11.4 Å². The van der Waals surface area contributed by atoms with Crippen molar-refractivity contribution < 1.29 is 13.2 Å². The van der Waals surface area contributed by atoms with Gasteiger partial charge in [-0.05, 0) is 31.0 Å². The Bertz CT molecular complexity index is 906. The molecular weight excluding hydrogens is 405 g/mol. The number of ether oxygens (including phenoxy) is 1. The number of para-hydroxylation sites is 1. The van der Waals surface area contributed by atoms with E-state index in [2.05, 4.69) is 18.6 Å². The maximum absolute atomic E-state index is 12.9. The first-order valence-electron chi connectivity index (χ1n) is 9.00. The molecule has 1 aliphatic heterocycles. The summed E-state index contributed by atoms with van der Waals surface area (Å²) in [6.45, 7) is 4.12. The molecule has 0 unspecified atom stereocenters. The molecule has 3 rings (SSSR count). The zero-order valence-electron chi connectivity index (χ0n) is 15.3. The van der Waals surface area contributed by atoms with Gasteiger partial charge < -0.3 is 4.74 Å². The molecule has 0 radical (unpaired) electrons. The predicted octanol–water partition coefficient (Wildman–Crippen LogP) is 5.50. The third-order valence-electron chi connectivity index (χ3n) is 5.20. The van der Waals surface area contributed by atoms with E-state index in [0.717, 1.165) is 24.2 Å². The Morgan fingerprint density at radius 1 is 1.07 bits per heavy atom. The molecule has 0 fully saturated rings. The van der Waals surface area contributed by atoms with Crippen LogP contribution >= 0.6 is 23.2 Å². The largest absolute Gasteiger partial charge is 0.487 e. The number of hydrogen-bond acceptors (Lipinski definition) is 3. The van der Waals surface area contributed by atoms with Crippen molar-refractivity contribution in [3.63, 3.8) is 0 Å². The quantitative estimate of drug-likeness (QED) is 0.662. The first-order valence-corrected chi connectivity index (χ1v) is 11.4. The molecule has 0 aliphatic carbocycles. The Kier molecular flexibility index (Phi) is 6.06. The summed E-state index contributed by atoms with van der Waals surface area (Å²) in [7, 11) is -3.66. The summed E-state index contributed by atoms with van der Waals surface area (Å²) < 4.78 is 34.9. The predicted molar refractivity (Wildman–Crippen MR) is 110 cm³/mol. The molecule has 1 heterocycles. The van der Waals surface area contributed by atoms with Gasteiger partial charge in [0.15, 0.2) is 0 Å². The number of benzene rings is 2. The van der Waals surface area contributed by atoms with Crippen molar-refractivity contribution in [2.75, 3.05) is 0 Å². The maximum Gasteiger partial charge on any atom is 0.216 e. The lowest BCUT2D eigenvalue weighted by atomic mass is 9.84. The highest BCUT2D eigenvalue weighted by molar-refractivity contribution is 7.88. The molecule has 146 valence electrons. The van der Waals surface area contributed by atoms with Crippen molar-refractivity contribution in [3.8, 4) is 5.75 Å². The molecule has 0 saturated heterocycles. The molecule has 0 amide bonds. The number of rotatable bonds is 6. The van der Waals surface area contributed by atoms with Crippen molar-refractivity contribution in [2.45, 2.75) is 50.5 Å². The lowest BCUT2D eigenvalue weighted by molar-refractivity contribution is 0.0260. The van der Waals surface area contributed by atoms with Crippen LogP contribution in [0.5, 0.6) is 5.75 Å². The van der Waals surface area contributed by atoms with Crippen LogP contribution in [0.4, 0.5) is 0 Å². The lowest BCUT2D eigenvalue weighted by Gasteiger charge is -2.41. The third kappa shape index (κ3) is 4.43. The fraction of sp³-hybridized carbons (Fsp3) is 0.400. The Morgan fingerprint density at radius 2 is 1.70 bits per heavy atom. The Morgan fingerprint density at radius 3 is 2.33 bits per heavy atom. The van der Waals surface area contributed by atoms with E-state index < -0.39 is 10.0 Å². The van der Waals surface area contributed by atoms with Crippen LogP contribution in [0, 0.1) is 0 Å². The van der Waals surface area contributed by atoms with Gasteiger partial charge in [0.05, 0.1) is 11.8 Å². The van der Waals surface area contributed by atoms with Gasteiger partial charge in [-0.25, -0.2) is 13.1 Å². The van der Waals surface area contributed by atoms with Gasteiger partial charge in [0, 0.05) is 27.6 Å². The second-order valence-electron chi connectivity index (χ2n) is 6.86. The van der Waals surface area contributed by atoms with Crippen LogP contribution < -0.4 is 9.46 Å². The summed E-state index contributed by atoms with van der Waals surface area (Å²) in [5.41, 5.74) is 0.874. The van der Waals surface area contributed by atoms with Crippen molar-refractivity contribution in [2.24, 2.45) is 0 Å². The highest BCUT2D eigenvalue weighted by atomic mass is 35.5. The summed E-state index contributed by atoms with van der Waals surface area (Å²) >= 11 is 12.3. The number of hydrogen-bond donors (Lipinski definition) is 1. The average molecular weight is 428 g/mol. The Labute approximate surface area is 170 Å². The van der Waals surface area contributed by atoms with Crippen LogP contribution in [0.1, 0.15) is 50.3 Å². The summed E-state index contributed by atoms with van der Waals surface area (Å²) in [6.07, 6.45) is 2.17. The third-order valence-corrected chi connectivity index (χ3v) is 7.22. The van der Waals surface area contributed by atoms with E-state index in [0.29, 0.717) is 22.0 Å². The Balaban J connectivity index is 1.91. The molecule has 1 aliphatic rings. The van der Waals surface area contributed by atoms with Gasteiger partial charge in [-0.3, -0.25) is 0 Å².